The second-order valence-electron chi connectivity index (χ2n) is 8.60. The number of nitrogens with zero attached hydrogens (tertiary/aromatic N) is 2. The van der Waals surface area contributed by atoms with Crippen molar-refractivity contribution in [2.45, 2.75) is 39.8 Å². The second kappa shape index (κ2) is 11.6. The van der Waals surface area contributed by atoms with Gasteiger partial charge in [-0.2, -0.15) is 0 Å². The number of hydrogen-bond donors (Lipinski definition) is 1. The first-order chi connectivity index (χ1) is 16.7. The van der Waals surface area contributed by atoms with Crippen molar-refractivity contribution in [1.29, 1.82) is 0 Å². The van der Waals surface area contributed by atoms with Crippen molar-refractivity contribution >= 4 is 29.1 Å². The maximum absolute atomic E-state index is 13.3. The highest BCUT2D eigenvalue weighted by atomic mass is 35.5. The summed E-state index contributed by atoms with van der Waals surface area (Å²) >= 11 is 6.18. The van der Waals surface area contributed by atoms with Crippen LogP contribution in [0.4, 0.5) is 0 Å². The summed E-state index contributed by atoms with van der Waals surface area (Å²) < 4.78 is 11.2. The molecule has 1 N–H and O–H groups in total. The average Bonchev–Trinajstić information content (AvgIpc) is 3.09. The zero-order chi connectivity index (χ0) is 25.7. The van der Waals surface area contributed by atoms with E-state index < -0.39 is 17.7 Å². The van der Waals surface area contributed by atoms with Gasteiger partial charge in [0.1, 0.15) is 17.3 Å². The Bertz CT molecular complexity index is 1110. The summed E-state index contributed by atoms with van der Waals surface area (Å²) in [6, 6.07) is 11.3. The summed E-state index contributed by atoms with van der Waals surface area (Å²) in [5.41, 5.74) is 0.919. The van der Waals surface area contributed by atoms with E-state index in [0.29, 0.717) is 35.2 Å². The molecule has 0 radical (unpaired) electrons. The molecule has 0 aliphatic carbocycles. The van der Waals surface area contributed by atoms with E-state index in [0.717, 1.165) is 13.1 Å². The molecule has 0 spiro atoms. The molecular weight excluding hydrogens is 468 g/mol. The van der Waals surface area contributed by atoms with Crippen molar-refractivity contribution in [3.05, 3.63) is 64.2 Å². The molecule has 3 rings (SSSR count). The molecule has 0 saturated carbocycles. The summed E-state index contributed by atoms with van der Waals surface area (Å²) in [6.07, 6.45) is -0.0463. The van der Waals surface area contributed by atoms with E-state index in [4.69, 9.17) is 21.1 Å². The summed E-state index contributed by atoms with van der Waals surface area (Å²) in [6.45, 7) is 10.5. The number of aliphatic hydroxyl groups excluding tert-OH is 1. The normalized spacial score (nSPS) is 17.5. The van der Waals surface area contributed by atoms with E-state index in [9.17, 15) is 14.7 Å². The number of ketones is 1. The molecule has 1 aliphatic rings. The molecule has 1 aliphatic heterocycles. The van der Waals surface area contributed by atoms with Gasteiger partial charge in [0.15, 0.2) is 0 Å². The van der Waals surface area contributed by atoms with E-state index in [1.54, 1.807) is 12.1 Å². The van der Waals surface area contributed by atoms with Gasteiger partial charge >= 0.3 is 0 Å². The minimum atomic E-state index is -0.787. The van der Waals surface area contributed by atoms with Crippen LogP contribution in [0, 0.1) is 0 Å². The molecule has 1 unspecified atom stereocenters. The first-order valence-corrected chi connectivity index (χ1v) is 12.2. The lowest BCUT2D eigenvalue weighted by atomic mass is 9.95. The number of aliphatic hydroxyl groups is 1. The number of benzene rings is 2. The minimum absolute atomic E-state index is 0.00295. The quantitative estimate of drug-likeness (QED) is 0.284. The predicted molar refractivity (Wildman–Crippen MR) is 137 cm³/mol. The van der Waals surface area contributed by atoms with E-state index >= 15 is 0 Å². The Morgan fingerprint density at radius 2 is 1.86 bits per heavy atom. The molecule has 1 saturated heterocycles. The maximum atomic E-state index is 13.3. The Hall–Kier alpha value is -3.03. The standard InChI is InChI=1S/C27H33ClN2O5/c1-6-29(7-2)13-14-30-24(18-9-8-10-20(15-18)35-17(3)4)23(26(32)27(30)33)25(31)21-16-19(28)11-12-22(21)34-5/h8-12,15-17,24,31H,6-7,13-14H2,1-5H3/b25-23+. The monoisotopic (exact) mass is 500 g/mol. The first kappa shape index (κ1) is 26.6. The van der Waals surface area contributed by atoms with Gasteiger partial charge in [0.05, 0.1) is 30.4 Å². The largest absolute Gasteiger partial charge is 0.507 e. The summed E-state index contributed by atoms with van der Waals surface area (Å²) in [5, 5.41) is 11.7. The molecule has 1 heterocycles. The van der Waals surface area contributed by atoms with Crippen LogP contribution in [0.25, 0.3) is 5.76 Å². The Labute approximate surface area is 211 Å². The minimum Gasteiger partial charge on any atom is -0.507 e. The van der Waals surface area contributed by atoms with E-state index in [-0.39, 0.29) is 23.0 Å². The smallest absolute Gasteiger partial charge is 0.295 e. The number of halogens is 1. The average molecular weight is 501 g/mol. The number of carbonyl (C=O) groups excluding carboxylic acids is 2. The van der Waals surface area contributed by atoms with Crippen molar-refractivity contribution in [1.82, 2.24) is 9.80 Å². The van der Waals surface area contributed by atoms with Crippen LogP contribution in [0.15, 0.2) is 48.0 Å². The van der Waals surface area contributed by atoms with E-state index in [2.05, 4.69) is 4.90 Å². The molecule has 35 heavy (non-hydrogen) atoms. The van der Waals surface area contributed by atoms with Crippen LogP contribution in [-0.4, -0.2) is 66.0 Å². The number of ether oxygens (including phenoxy) is 2. The van der Waals surface area contributed by atoms with Crippen molar-refractivity contribution in [2.75, 3.05) is 33.3 Å². The van der Waals surface area contributed by atoms with Gasteiger partial charge in [-0.05, 0) is 62.8 Å². The molecule has 0 bridgehead atoms. The van der Waals surface area contributed by atoms with Gasteiger partial charge in [0.2, 0.25) is 0 Å². The number of hydrogen-bond acceptors (Lipinski definition) is 6. The number of carbonyl (C=O) groups is 2. The molecule has 1 amide bonds. The molecule has 2 aromatic carbocycles. The predicted octanol–water partition coefficient (Wildman–Crippen LogP) is 4.90. The van der Waals surface area contributed by atoms with Crippen LogP contribution in [0.3, 0.4) is 0 Å². The molecule has 0 aromatic heterocycles. The molecule has 1 fully saturated rings. The molecule has 2 aromatic rings. The lowest BCUT2D eigenvalue weighted by Crippen LogP contribution is -2.38. The van der Waals surface area contributed by atoms with Crippen molar-refractivity contribution < 1.29 is 24.2 Å². The third kappa shape index (κ3) is 5.80. The number of likely N-dealkylation sites (N-methyl/N-ethyl adjacent to an activating group) is 1. The summed E-state index contributed by atoms with van der Waals surface area (Å²) in [4.78, 5) is 30.3. The van der Waals surface area contributed by atoms with Crippen LogP contribution in [-0.2, 0) is 9.59 Å². The van der Waals surface area contributed by atoms with Crippen LogP contribution in [0.2, 0.25) is 5.02 Å². The first-order valence-electron chi connectivity index (χ1n) is 11.8. The zero-order valence-electron chi connectivity index (χ0n) is 20.9. The summed E-state index contributed by atoms with van der Waals surface area (Å²) in [7, 11) is 1.47. The van der Waals surface area contributed by atoms with Crippen molar-refractivity contribution in [3.8, 4) is 11.5 Å². The fourth-order valence-corrected chi connectivity index (χ4v) is 4.46. The van der Waals surface area contributed by atoms with Crippen LogP contribution in [0.1, 0.15) is 44.9 Å². The van der Waals surface area contributed by atoms with Gasteiger partial charge in [-0.15, -0.1) is 0 Å². The van der Waals surface area contributed by atoms with Crippen molar-refractivity contribution in [2.24, 2.45) is 0 Å². The fourth-order valence-electron chi connectivity index (χ4n) is 4.29. The topological polar surface area (TPSA) is 79.3 Å². The molecule has 1 atom stereocenters. The SMILES string of the molecule is CCN(CC)CCN1C(=O)C(=O)/C(=C(/O)c2cc(Cl)ccc2OC)C1c1cccc(OC(C)C)c1. The fraction of sp³-hybridized carbons (Fsp3) is 0.407. The van der Waals surface area contributed by atoms with Gasteiger partial charge in [-0.1, -0.05) is 37.6 Å². The van der Waals surface area contributed by atoms with Gasteiger partial charge < -0.3 is 24.4 Å². The van der Waals surface area contributed by atoms with Crippen LogP contribution >= 0.6 is 11.6 Å². The molecular formula is C27H33ClN2O5. The molecule has 188 valence electrons. The summed E-state index contributed by atoms with van der Waals surface area (Å²) in [5.74, 6) is -0.763. The van der Waals surface area contributed by atoms with Gasteiger partial charge in [-0.3, -0.25) is 9.59 Å². The Morgan fingerprint density at radius 3 is 2.49 bits per heavy atom. The van der Waals surface area contributed by atoms with E-state index in [1.165, 1.54) is 18.1 Å². The van der Waals surface area contributed by atoms with Gasteiger partial charge in [0.25, 0.3) is 11.7 Å². The Kier molecular flexibility index (Phi) is 8.81. The number of rotatable bonds is 10. The van der Waals surface area contributed by atoms with Crippen molar-refractivity contribution in [3.63, 3.8) is 0 Å². The number of Topliss-reactive ketones (excluding diaryl/α,β-unsaturated/α-hetero) is 1. The zero-order valence-corrected chi connectivity index (χ0v) is 21.6. The van der Waals surface area contributed by atoms with Gasteiger partial charge in [0, 0.05) is 18.1 Å². The number of likely N-dealkylation sites (tertiary alicyclic amines) is 1. The third-order valence-corrected chi connectivity index (χ3v) is 6.29. The Morgan fingerprint density at radius 1 is 1.14 bits per heavy atom. The van der Waals surface area contributed by atoms with Crippen LogP contribution < -0.4 is 9.47 Å². The second-order valence-corrected chi connectivity index (χ2v) is 9.04. The third-order valence-electron chi connectivity index (χ3n) is 6.05. The highest BCUT2D eigenvalue weighted by molar-refractivity contribution is 6.46. The lowest BCUT2D eigenvalue weighted by molar-refractivity contribution is -0.140. The maximum Gasteiger partial charge on any atom is 0.295 e. The highest BCUT2D eigenvalue weighted by Gasteiger charge is 2.46. The van der Waals surface area contributed by atoms with E-state index in [1.807, 2.05) is 52.0 Å². The number of amides is 1. The molecule has 7 nitrogen and oxygen atoms in total. The number of methoxy groups -OCH3 is 1. The molecule has 8 heteroatoms. The Balaban J connectivity index is 2.18. The highest BCUT2D eigenvalue weighted by Crippen LogP contribution is 2.42. The van der Waals surface area contributed by atoms with Crippen LogP contribution in [0.5, 0.6) is 11.5 Å². The lowest BCUT2D eigenvalue weighted by Gasteiger charge is -2.28. The van der Waals surface area contributed by atoms with Gasteiger partial charge in [-0.25, -0.2) is 0 Å².